The van der Waals surface area contributed by atoms with E-state index in [4.69, 9.17) is 28.5 Å². The number of amides is 1. The fraction of sp³-hybridized carbons (Fsp3) is 0.276. The van der Waals surface area contributed by atoms with Gasteiger partial charge in [-0.3, -0.25) is 15.4 Å². The highest BCUT2D eigenvalue weighted by atomic mass is 32.1. The Morgan fingerprint density at radius 3 is 2.34 bits per heavy atom. The van der Waals surface area contributed by atoms with Crippen molar-refractivity contribution in [1.82, 2.24) is 4.98 Å². The van der Waals surface area contributed by atoms with Crippen molar-refractivity contribution in [3.63, 3.8) is 0 Å². The Morgan fingerprint density at radius 1 is 0.955 bits per heavy atom. The van der Waals surface area contributed by atoms with Crippen molar-refractivity contribution in [3.8, 4) is 28.7 Å². The van der Waals surface area contributed by atoms with Crippen LogP contribution >= 0.6 is 11.3 Å². The van der Waals surface area contributed by atoms with Gasteiger partial charge in [0.15, 0.2) is 40.8 Å². The number of hydrogen-bond donors (Lipinski definition) is 2. The third kappa shape index (κ3) is 6.83. The molecule has 1 aliphatic heterocycles. The first-order valence-corrected chi connectivity index (χ1v) is 13.8. The third-order valence-corrected chi connectivity index (χ3v) is 7.44. The normalized spacial score (nSPS) is 14.4. The molecule has 1 atom stereocenters. The van der Waals surface area contributed by atoms with Gasteiger partial charge in [0.25, 0.3) is 5.91 Å². The predicted octanol–water partition coefficient (Wildman–Crippen LogP) is 6.15. The number of benzene rings is 3. The van der Waals surface area contributed by atoms with Gasteiger partial charge in [0, 0.05) is 17.7 Å². The van der Waals surface area contributed by atoms with Crippen LogP contribution in [0.15, 0.2) is 53.7 Å². The Labute approximate surface area is 253 Å². The summed E-state index contributed by atoms with van der Waals surface area (Å²) in [4.78, 5) is 22.7. The molecular weight excluding hydrogens is 605 g/mol. The first-order valence-electron chi connectivity index (χ1n) is 13.0. The van der Waals surface area contributed by atoms with Gasteiger partial charge in [-0.2, -0.15) is 13.2 Å². The number of aromatic nitrogens is 1. The van der Waals surface area contributed by atoms with Crippen molar-refractivity contribution in [2.45, 2.75) is 18.8 Å². The van der Waals surface area contributed by atoms with E-state index in [0.29, 0.717) is 51.1 Å². The van der Waals surface area contributed by atoms with Gasteiger partial charge in [-0.25, -0.2) is 4.98 Å². The zero-order chi connectivity index (χ0) is 31.4. The molecular formula is C29H27F3N4O7S. The minimum atomic E-state index is -4.57. The van der Waals surface area contributed by atoms with Crippen molar-refractivity contribution < 1.29 is 46.5 Å². The van der Waals surface area contributed by atoms with Gasteiger partial charge < -0.3 is 28.5 Å². The van der Waals surface area contributed by atoms with Gasteiger partial charge in [0.1, 0.15) is 0 Å². The number of methoxy groups -OCH3 is 4. The Morgan fingerprint density at radius 2 is 1.68 bits per heavy atom. The van der Waals surface area contributed by atoms with Crippen LogP contribution < -0.4 is 34.3 Å². The molecule has 0 saturated carbocycles. The van der Waals surface area contributed by atoms with Crippen LogP contribution in [0.4, 0.5) is 24.0 Å². The molecule has 1 unspecified atom stereocenters. The number of rotatable bonds is 11. The lowest BCUT2D eigenvalue weighted by Gasteiger charge is -2.15. The summed E-state index contributed by atoms with van der Waals surface area (Å²) in [5, 5.41) is 8.55. The van der Waals surface area contributed by atoms with Crippen LogP contribution in [0.5, 0.6) is 28.7 Å². The molecule has 4 aromatic rings. The maximum atomic E-state index is 12.7. The first-order chi connectivity index (χ1) is 21.1. The third-order valence-electron chi connectivity index (χ3n) is 6.51. The zero-order valence-corrected chi connectivity index (χ0v) is 24.7. The SMILES string of the molecule is COc1ccc(C2CC(c3cc(OC)c(OC)c(OC)c3)=NO2)cc1OCC(=O)Nc1nc2ccc(NC(F)(F)F)cc2s1. The molecule has 2 N–H and O–H groups in total. The number of nitrogens with one attached hydrogen (secondary N) is 2. The second-order valence-corrected chi connectivity index (χ2v) is 10.4. The van der Waals surface area contributed by atoms with E-state index in [2.05, 4.69) is 15.5 Å². The molecule has 0 fully saturated rings. The second kappa shape index (κ2) is 12.8. The Bertz CT molecular complexity index is 1690. The number of ether oxygens (including phenoxy) is 5. The first kappa shape index (κ1) is 30.5. The molecule has 0 bridgehead atoms. The lowest BCUT2D eigenvalue weighted by molar-refractivity contribution is -0.118. The van der Waals surface area contributed by atoms with E-state index in [9.17, 15) is 18.0 Å². The molecule has 0 aliphatic carbocycles. The zero-order valence-electron chi connectivity index (χ0n) is 23.9. The van der Waals surface area contributed by atoms with Gasteiger partial charge in [-0.05, 0) is 48.0 Å². The van der Waals surface area contributed by atoms with Crippen molar-refractivity contribution in [2.75, 3.05) is 45.7 Å². The molecule has 1 aromatic heterocycles. The van der Waals surface area contributed by atoms with Crippen LogP contribution in [-0.4, -0.2) is 57.9 Å². The summed E-state index contributed by atoms with van der Waals surface area (Å²) in [6, 6.07) is 12.8. The lowest BCUT2D eigenvalue weighted by atomic mass is 9.99. The highest BCUT2D eigenvalue weighted by Gasteiger charge is 2.28. The average Bonchev–Trinajstić information content (AvgIpc) is 3.65. The van der Waals surface area contributed by atoms with Crippen molar-refractivity contribution in [3.05, 3.63) is 59.7 Å². The Kier molecular flexibility index (Phi) is 8.85. The number of thiazole rings is 1. The number of hydrogen-bond acceptors (Lipinski definition) is 11. The number of anilines is 2. The van der Waals surface area contributed by atoms with Gasteiger partial charge in [0.2, 0.25) is 5.75 Å². The summed E-state index contributed by atoms with van der Waals surface area (Å²) >= 11 is 1.04. The van der Waals surface area contributed by atoms with E-state index in [1.165, 1.54) is 52.0 Å². The maximum absolute atomic E-state index is 12.7. The maximum Gasteiger partial charge on any atom is 0.482 e. The number of alkyl halides is 3. The van der Waals surface area contributed by atoms with Crippen LogP contribution in [0.3, 0.4) is 0 Å². The van der Waals surface area contributed by atoms with Crippen LogP contribution in [-0.2, 0) is 9.63 Å². The topological polar surface area (TPSA) is 122 Å². The van der Waals surface area contributed by atoms with E-state index in [1.807, 2.05) is 6.07 Å². The van der Waals surface area contributed by atoms with E-state index in [1.54, 1.807) is 24.3 Å². The fourth-order valence-electron chi connectivity index (χ4n) is 4.50. The van der Waals surface area contributed by atoms with E-state index >= 15 is 0 Å². The average molecular weight is 633 g/mol. The summed E-state index contributed by atoms with van der Waals surface area (Å²) in [6.07, 6.45) is -4.57. The van der Waals surface area contributed by atoms with E-state index in [0.717, 1.165) is 22.5 Å². The molecule has 44 heavy (non-hydrogen) atoms. The van der Waals surface area contributed by atoms with Gasteiger partial charge in [-0.15, -0.1) is 0 Å². The van der Waals surface area contributed by atoms with Gasteiger partial charge in [0.05, 0.1) is 44.4 Å². The van der Waals surface area contributed by atoms with Crippen molar-refractivity contribution in [1.29, 1.82) is 0 Å². The van der Waals surface area contributed by atoms with Crippen LogP contribution in [0.25, 0.3) is 10.2 Å². The molecule has 2 heterocycles. The molecule has 1 amide bonds. The smallest absolute Gasteiger partial charge is 0.482 e. The molecule has 15 heteroatoms. The number of halogens is 3. The van der Waals surface area contributed by atoms with Crippen LogP contribution in [0, 0.1) is 0 Å². The summed E-state index contributed by atoms with van der Waals surface area (Å²) in [6.45, 7) is -0.380. The van der Waals surface area contributed by atoms with E-state index in [-0.39, 0.29) is 17.4 Å². The summed E-state index contributed by atoms with van der Waals surface area (Å²) in [7, 11) is 6.06. The second-order valence-electron chi connectivity index (χ2n) is 9.32. The summed E-state index contributed by atoms with van der Waals surface area (Å²) < 4.78 is 65.9. The largest absolute Gasteiger partial charge is 0.493 e. The minimum absolute atomic E-state index is 0.131. The number of oxime groups is 1. The number of fused-ring (bicyclic) bond motifs is 1. The standard InChI is InChI=1S/C29H27F3N4O7S/c1-38-20-8-5-15(21-13-19(36-43-21)16-10-23(39-2)27(41-4)24(11-16)40-3)9-22(20)42-14-26(37)34-28-33-18-7-6-17(12-25(18)44-28)35-29(30,31)32/h5-12,21,35H,13-14H2,1-4H3,(H,33,34,37). The van der Waals surface area contributed by atoms with Crippen molar-refractivity contribution in [2.24, 2.45) is 5.16 Å². The molecule has 11 nitrogen and oxygen atoms in total. The van der Waals surface area contributed by atoms with Crippen LogP contribution in [0.2, 0.25) is 0 Å². The monoisotopic (exact) mass is 632 g/mol. The van der Waals surface area contributed by atoms with E-state index < -0.39 is 18.3 Å². The molecule has 5 rings (SSSR count). The summed E-state index contributed by atoms with van der Waals surface area (Å²) in [5.74, 6) is 1.62. The fourth-order valence-corrected chi connectivity index (χ4v) is 5.42. The number of nitrogens with zero attached hydrogens (tertiary/aromatic N) is 2. The van der Waals surface area contributed by atoms with Crippen LogP contribution in [0.1, 0.15) is 23.7 Å². The molecule has 0 saturated heterocycles. The predicted molar refractivity (Wildman–Crippen MR) is 157 cm³/mol. The highest BCUT2D eigenvalue weighted by Crippen LogP contribution is 2.41. The molecule has 232 valence electrons. The molecule has 0 radical (unpaired) electrons. The highest BCUT2D eigenvalue weighted by molar-refractivity contribution is 7.22. The quantitative estimate of drug-likeness (QED) is 0.188. The number of carbonyl (C=O) groups is 1. The molecule has 1 aliphatic rings. The number of carbonyl (C=O) groups excluding carboxylic acids is 1. The Balaban J connectivity index is 1.24. The van der Waals surface area contributed by atoms with Gasteiger partial charge in [-0.1, -0.05) is 22.6 Å². The lowest BCUT2D eigenvalue weighted by Crippen LogP contribution is -2.20. The molecule has 3 aromatic carbocycles. The Hall–Kier alpha value is -4.92. The minimum Gasteiger partial charge on any atom is -0.493 e. The molecule has 0 spiro atoms. The summed E-state index contributed by atoms with van der Waals surface area (Å²) in [5.41, 5.74) is 2.46. The van der Waals surface area contributed by atoms with Gasteiger partial charge >= 0.3 is 6.30 Å². The van der Waals surface area contributed by atoms with Crippen molar-refractivity contribution >= 4 is 44.0 Å².